The molecule has 2 heterocycles. The highest BCUT2D eigenvalue weighted by molar-refractivity contribution is 5.81. The molecule has 0 N–H and O–H groups in total. The van der Waals surface area contributed by atoms with Crippen molar-refractivity contribution < 1.29 is 14.3 Å². The van der Waals surface area contributed by atoms with Gasteiger partial charge in [0.05, 0.1) is 13.2 Å². The van der Waals surface area contributed by atoms with E-state index in [1.54, 1.807) is 0 Å². The lowest BCUT2D eigenvalue weighted by Crippen LogP contribution is -2.46. The quantitative estimate of drug-likeness (QED) is 0.780. The third kappa shape index (κ3) is 4.06. The summed E-state index contributed by atoms with van der Waals surface area (Å²) in [6.07, 6.45) is 5.78. The fourth-order valence-electron chi connectivity index (χ4n) is 4.12. The molecule has 3 rings (SSSR count). The normalized spacial score (nSPS) is 30.3. The van der Waals surface area contributed by atoms with Gasteiger partial charge in [0, 0.05) is 38.0 Å². The van der Waals surface area contributed by atoms with Gasteiger partial charge in [0.1, 0.15) is 0 Å². The number of likely N-dealkylation sites (tertiary alicyclic amines) is 1. The van der Waals surface area contributed by atoms with Crippen LogP contribution < -0.4 is 0 Å². The molecule has 2 aliphatic heterocycles. The number of hydrogen-bond acceptors (Lipinski definition) is 3. The molecule has 0 bridgehead atoms. The number of rotatable bonds is 2. The SMILES string of the molecule is CC1CCN(C(=O)C2CCC(C(=O)N3CCOCC3)CC2)CC1. The van der Waals surface area contributed by atoms with Gasteiger partial charge in [-0.2, -0.15) is 0 Å². The molecule has 0 spiro atoms. The van der Waals surface area contributed by atoms with E-state index in [1.165, 1.54) is 0 Å². The molecule has 3 aliphatic rings. The number of hydrogen-bond donors (Lipinski definition) is 0. The summed E-state index contributed by atoms with van der Waals surface area (Å²) in [6, 6.07) is 0. The minimum absolute atomic E-state index is 0.124. The summed E-state index contributed by atoms with van der Waals surface area (Å²) < 4.78 is 5.32. The smallest absolute Gasteiger partial charge is 0.225 e. The van der Waals surface area contributed by atoms with E-state index in [0.29, 0.717) is 19.1 Å². The number of carbonyl (C=O) groups is 2. The van der Waals surface area contributed by atoms with Crippen molar-refractivity contribution in [1.82, 2.24) is 9.80 Å². The zero-order chi connectivity index (χ0) is 16.2. The highest BCUT2D eigenvalue weighted by Crippen LogP contribution is 2.32. The second kappa shape index (κ2) is 7.65. The zero-order valence-corrected chi connectivity index (χ0v) is 14.3. The molecule has 130 valence electrons. The van der Waals surface area contributed by atoms with Crippen LogP contribution in [0.15, 0.2) is 0 Å². The third-order valence-corrected chi connectivity index (χ3v) is 5.84. The van der Waals surface area contributed by atoms with Gasteiger partial charge in [0.25, 0.3) is 0 Å². The first-order valence-corrected chi connectivity index (χ1v) is 9.30. The van der Waals surface area contributed by atoms with Gasteiger partial charge in [-0.3, -0.25) is 9.59 Å². The minimum atomic E-state index is 0.124. The average Bonchev–Trinajstić information content (AvgIpc) is 2.62. The maximum absolute atomic E-state index is 12.7. The molecule has 0 aromatic carbocycles. The molecule has 3 fully saturated rings. The van der Waals surface area contributed by atoms with Crippen LogP contribution in [0.5, 0.6) is 0 Å². The van der Waals surface area contributed by atoms with E-state index in [-0.39, 0.29) is 17.7 Å². The molecule has 1 aliphatic carbocycles. The Kier molecular flexibility index (Phi) is 5.57. The predicted octanol–water partition coefficient (Wildman–Crippen LogP) is 1.91. The van der Waals surface area contributed by atoms with E-state index in [2.05, 4.69) is 11.8 Å². The van der Waals surface area contributed by atoms with Crippen LogP contribution in [0.1, 0.15) is 45.4 Å². The number of amides is 2. The van der Waals surface area contributed by atoms with Crippen molar-refractivity contribution >= 4 is 11.8 Å². The minimum Gasteiger partial charge on any atom is -0.378 e. The predicted molar refractivity (Wildman–Crippen MR) is 87.8 cm³/mol. The Morgan fingerprint density at radius 1 is 0.739 bits per heavy atom. The van der Waals surface area contributed by atoms with Crippen molar-refractivity contribution in [3.8, 4) is 0 Å². The second-order valence-electron chi connectivity index (χ2n) is 7.49. The summed E-state index contributed by atoms with van der Waals surface area (Å²) in [5.41, 5.74) is 0. The summed E-state index contributed by atoms with van der Waals surface area (Å²) in [7, 11) is 0. The maximum Gasteiger partial charge on any atom is 0.225 e. The molecule has 0 unspecified atom stereocenters. The highest BCUT2D eigenvalue weighted by atomic mass is 16.5. The Labute approximate surface area is 139 Å². The van der Waals surface area contributed by atoms with Crippen molar-refractivity contribution in [3.63, 3.8) is 0 Å². The van der Waals surface area contributed by atoms with E-state index in [9.17, 15) is 9.59 Å². The fourth-order valence-corrected chi connectivity index (χ4v) is 4.12. The van der Waals surface area contributed by atoms with Crippen LogP contribution in [0.25, 0.3) is 0 Å². The number of piperidine rings is 1. The van der Waals surface area contributed by atoms with E-state index in [1.807, 2.05) is 4.90 Å². The molecule has 0 aromatic heterocycles. The Hall–Kier alpha value is -1.10. The summed E-state index contributed by atoms with van der Waals surface area (Å²) >= 11 is 0. The van der Waals surface area contributed by atoms with E-state index < -0.39 is 0 Å². The monoisotopic (exact) mass is 322 g/mol. The van der Waals surface area contributed by atoms with Crippen LogP contribution in [0.3, 0.4) is 0 Å². The lowest BCUT2D eigenvalue weighted by molar-refractivity contribution is -0.144. The van der Waals surface area contributed by atoms with Crippen molar-refractivity contribution in [3.05, 3.63) is 0 Å². The summed E-state index contributed by atoms with van der Waals surface area (Å²) in [6.45, 7) is 6.89. The number of carbonyl (C=O) groups excluding carboxylic acids is 2. The molecule has 0 atom stereocenters. The summed E-state index contributed by atoms with van der Waals surface area (Å²) in [5.74, 6) is 1.65. The fraction of sp³-hybridized carbons (Fsp3) is 0.889. The van der Waals surface area contributed by atoms with Crippen LogP contribution in [-0.4, -0.2) is 61.0 Å². The maximum atomic E-state index is 12.7. The average molecular weight is 322 g/mol. The van der Waals surface area contributed by atoms with Crippen molar-refractivity contribution in [2.24, 2.45) is 17.8 Å². The third-order valence-electron chi connectivity index (χ3n) is 5.84. The van der Waals surface area contributed by atoms with Gasteiger partial charge in [-0.25, -0.2) is 0 Å². The van der Waals surface area contributed by atoms with Crippen molar-refractivity contribution in [1.29, 1.82) is 0 Å². The standard InChI is InChI=1S/C18H30N2O3/c1-14-6-8-19(9-7-14)17(21)15-2-4-16(5-3-15)18(22)20-10-12-23-13-11-20/h14-16H,2-13H2,1H3. The zero-order valence-electron chi connectivity index (χ0n) is 14.3. The van der Waals surface area contributed by atoms with Crippen LogP contribution >= 0.6 is 0 Å². The largest absolute Gasteiger partial charge is 0.378 e. The van der Waals surface area contributed by atoms with Gasteiger partial charge >= 0.3 is 0 Å². The molecule has 2 saturated heterocycles. The molecular formula is C18H30N2O3. The van der Waals surface area contributed by atoms with Gasteiger partial charge in [0.2, 0.25) is 11.8 Å². The molecular weight excluding hydrogens is 292 g/mol. The Balaban J connectivity index is 1.46. The van der Waals surface area contributed by atoms with Crippen molar-refractivity contribution in [2.75, 3.05) is 39.4 Å². The number of nitrogens with zero attached hydrogens (tertiary/aromatic N) is 2. The topological polar surface area (TPSA) is 49.9 Å². The lowest BCUT2D eigenvalue weighted by atomic mass is 9.80. The van der Waals surface area contributed by atoms with E-state index >= 15 is 0 Å². The van der Waals surface area contributed by atoms with Crippen LogP contribution in [0.2, 0.25) is 0 Å². The first-order chi connectivity index (χ1) is 11.1. The first-order valence-electron chi connectivity index (χ1n) is 9.30. The second-order valence-corrected chi connectivity index (χ2v) is 7.49. The Bertz CT molecular complexity index is 418. The molecule has 0 aromatic rings. The number of ether oxygens (including phenoxy) is 1. The van der Waals surface area contributed by atoms with Crippen LogP contribution in [-0.2, 0) is 14.3 Å². The van der Waals surface area contributed by atoms with Gasteiger partial charge in [-0.05, 0) is 44.4 Å². The van der Waals surface area contributed by atoms with E-state index in [4.69, 9.17) is 4.74 Å². The highest BCUT2D eigenvalue weighted by Gasteiger charge is 2.34. The summed E-state index contributed by atoms with van der Waals surface area (Å²) in [4.78, 5) is 29.2. The molecule has 1 saturated carbocycles. The molecule has 0 radical (unpaired) electrons. The van der Waals surface area contributed by atoms with Gasteiger partial charge in [-0.15, -0.1) is 0 Å². The van der Waals surface area contributed by atoms with Gasteiger partial charge in [-0.1, -0.05) is 6.92 Å². The van der Waals surface area contributed by atoms with Crippen LogP contribution in [0, 0.1) is 17.8 Å². The van der Waals surface area contributed by atoms with E-state index in [0.717, 1.165) is 70.6 Å². The Morgan fingerprint density at radius 2 is 1.17 bits per heavy atom. The number of morpholine rings is 1. The Morgan fingerprint density at radius 3 is 1.65 bits per heavy atom. The lowest BCUT2D eigenvalue weighted by Gasteiger charge is -2.36. The molecule has 2 amide bonds. The summed E-state index contributed by atoms with van der Waals surface area (Å²) in [5, 5.41) is 0. The van der Waals surface area contributed by atoms with Crippen molar-refractivity contribution in [2.45, 2.75) is 45.4 Å². The molecule has 5 nitrogen and oxygen atoms in total. The van der Waals surface area contributed by atoms with Crippen LogP contribution in [0.4, 0.5) is 0 Å². The molecule has 23 heavy (non-hydrogen) atoms. The molecule has 5 heteroatoms. The van der Waals surface area contributed by atoms with Gasteiger partial charge in [0.15, 0.2) is 0 Å². The van der Waals surface area contributed by atoms with Gasteiger partial charge < -0.3 is 14.5 Å². The first kappa shape index (κ1) is 16.7.